The van der Waals surface area contributed by atoms with Crippen molar-refractivity contribution in [3.05, 3.63) is 16.1 Å². The molecule has 1 aromatic rings. The number of nitrogens with one attached hydrogen (secondary N) is 1. The van der Waals surface area contributed by atoms with E-state index >= 15 is 0 Å². The summed E-state index contributed by atoms with van der Waals surface area (Å²) in [5, 5.41) is 12.8. The molecule has 1 atom stereocenters. The fourth-order valence-electron chi connectivity index (χ4n) is 1.01. The molecule has 0 aliphatic carbocycles. The van der Waals surface area contributed by atoms with E-state index in [-0.39, 0.29) is 12.6 Å². The summed E-state index contributed by atoms with van der Waals surface area (Å²) in [6, 6.07) is -0.119. The van der Waals surface area contributed by atoms with Crippen LogP contribution >= 0.6 is 11.3 Å². The van der Waals surface area contributed by atoms with E-state index in [1.807, 2.05) is 0 Å². The highest BCUT2D eigenvalue weighted by molar-refractivity contribution is 7.11. The summed E-state index contributed by atoms with van der Waals surface area (Å²) in [6.07, 6.45) is 1.66. The van der Waals surface area contributed by atoms with Crippen LogP contribution in [-0.4, -0.2) is 29.7 Å². The van der Waals surface area contributed by atoms with E-state index in [1.54, 1.807) is 6.20 Å². The zero-order valence-electron chi connectivity index (χ0n) is 7.94. The first-order chi connectivity index (χ1) is 6.77. The maximum atomic E-state index is 8.84. The Balaban J connectivity index is 2.39. The number of nitrogens with two attached hydrogens (primary N) is 2. The Morgan fingerprint density at radius 1 is 1.64 bits per heavy atom. The maximum Gasteiger partial charge on any atom is 0.111 e. The first kappa shape index (κ1) is 11.5. The fraction of sp³-hybridized carbons (Fsp3) is 0.625. The van der Waals surface area contributed by atoms with Crippen LogP contribution in [0.25, 0.3) is 0 Å². The highest BCUT2D eigenvalue weighted by Crippen LogP contribution is 2.17. The summed E-state index contributed by atoms with van der Waals surface area (Å²) in [6.45, 7) is 2.05. The van der Waals surface area contributed by atoms with Gasteiger partial charge in [-0.2, -0.15) is 0 Å². The van der Waals surface area contributed by atoms with Crippen LogP contribution in [0.2, 0.25) is 0 Å². The predicted molar refractivity (Wildman–Crippen MR) is 56.9 cm³/mol. The summed E-state index contributed by atoms with van der Waals surface area (Å²) in [5.74, 6) is 0. The third kappa shape index (κ3) is 3.32. The van der Waals surface area contributed by atoms with Gasteiger partial charge in [-0.25, -0.2) is 4.98 Å². The molecule has 0 saturated carbocycles. The molecule has 6 N–H and O–H groups in total. The number of aliphatic hydroxyl groups excluding tert-OH is 1. The number of thiazole rings is 1. The average Bonchev–Trinajstić information content (AvgIpc) is 2.66. The highest BCUT2D eigenvalue weighted by Gasteiger charge is 2.09. The number of rotatable bonds is 6. The van der Waals surface area contributed by atoms with Crippen molar-refractivity contribution in [3.8, 4) is 0 Å². The zero-order chi connectivity index (χ0) is 10.4. The van der Waals surface area contributed by atoms with Gasteiger partial charge in [0, 0.05) is 25.8 Å². The van der Waals surface area contributed by atoms with Crippen LogP contribution in [0.15, 0.2) is 6.20 Å². The Bertz CT molecular complexity index is 266. The Morgan fingerprint density at radius 2 is 2.43 bits per heavy atom. The van der Waals surface area contributed by atoms with Gasteiger partial charge in [0.25, 0.3) is 0 Å². The Labute approximate surface area is 87.1 Å². The van der Waals surface area contributed by atoms with Gasteiger partial charge < -0.3 is 21.9 Å². The number of aromatic nitrogens is 1. The first-order valence-corrected chi connectivity index (χ1v) is 5.31. The van der Waals surface area contributed by atoms with Gasteiger partial charge in [0.1, 0.15) is 5.01 Å². The molecular weight excluding hydrogens is 200 g/mol. The molecule has 0 fully saturated rings. The van der Waals surface area contributed by atoms with Crippen LogP contribution in [0, 0.1) is 0 Å². The van der Waals surface area contributed by atoms with Crippen LogP contribution in [0.3, 0.4) is 0 Å². The van der Waals surface area contributed by atoms with Gasteiger partial charge in [-0.1, -0.05) is 0 Å². The van der Waals surface area contributed by atoms with Gasteiger partial charge in [0.2, 0.25) is 0 Å². The molecule has 0 unspecified atom stereocenters. The molecule has 1 heterocycles. The molecule has 0 bridgehead atoms. The average molecular weight is 216 g/mol. The van der Waals surface area contributed by atoms with Crippen LogP contribution < -0.4 is 16.8 Å². The fourth-order valence-corrected chi connectivity index (χ4v) is 1.79. The number of nitrogens with zero attached hydrogens (tertiary/aromatic N) is 1. The van der Waals surface area contributed by atoms with E-state index in [4.69, 9.17) is 16.6 Å². The Morgan fingerprint density at radius 3 is 3.00 bits per heavy atom. The van der Waals surface area contributed by atoms with Crippen molar-refractivity contribution in [1.82, 2.24) is 10.3 Å². The smallest absolute Gasteiger partial charge is 0.111 e. The van der Waals surface area contributed by atoms with E-state index in [2.05, 4.69) is 10.3 Å². The second-order valence-corrected chi connectivity index (χ2v) is 4.07. The number of aliphatic hydroxyl groups is 1. The minimum atomic E-state index is -0.119. The van der Waals surface area contributed by atoms with E-state index in [0.29, 0.717) is 13.1 Å². The monoisotopic (exact) mass is 216 g/mol. The predicted octanol–water partition coefficient (Wildman–Crippen LogP) is -0.816. The maximum absolute atomic E-state index is 8.84. The van der Waals surface area contributed by atoms with Crippen molar-refractivity contribution in [2.45, 2.75) is 12.6 Å². The van der Waals surface area contributed by atoms with Crippen LogP contribution in [-0.2, 0) is 6.61 Å². The molecule has 5 nitrogen and oxygen atoms in total. The van der Waals surface area contributed by atoms with Gasteiger partial charge in [-0.05, 0) is 0 Å². The molecular formula is C8H16N4OS. The lowest BCUT2D eigenvalue weighted by atomic mass is 10.3. The third-order valence-electron chi connectivity index (χ3n) is 1.73. The number of hydrogen-bond acceptors (Lipinski definition) is 6. The second-order valence-electron chi connectivity index (χ2n) is 2.92. The van der Waals surface area contributed by atoms with E-state index in [0.717, 1.165) is 16.4 Å². The summed E-state index contributed by atoms with van der Waals surface area (Å²) in [5.41, 5.74) is 11.2. The summed E-state index contributed by atoms with van der Waals surface area (Å²) in [7, 11) is 0. The van der Waals surface area contributed by atoms with Gasteiger partial charge >= 0.3 is 0 Å². The Kier molecular flexibility index (Phi) is 4.99. The first-order valence-electron chi connectivity index (χ1n) is 4.49. The van der Waals surface area contributed by atoms with Crippen molar-refractivity contribution >= 4 is 11.3 Å². The molecule has 0 aliphatic heterocycles. The molecule has 1 aromatic heterocycles. The van der Waals surface area contributed by atoms with Gasteiger partial charge in [0.15, 0.2) is 0 Å². The molecule has 1 rings (SSSR count). The van der Waals surface area contributed by atoms with Gasteiger partial charge in [-0.3, -0.25) is 0 Å². The van der Waals surface area contributed by atoms with Crippen molar-refractivity contribution in [3.63, 3.8) is 0 Å². The molecule has 6 heteroatoms. The van der Waals surface area contributed by atoms with Crippen LogP contribution in [0.4, 0.5) is 0 Å². The summed E-state index contributed by atoms with van der Waals surface area (Å²) in [4.78, 5) is 4.97. The minimum Gasteiger partial charge on any atom is -0.391 e. The normalized spacial score (nSPS) is 13.1. The summed E-state index contributed by atoms with van der Waals surface area (Å²) >= 11 is 1.44. The van der Waals surface area contributed by atoms with E-state index < -0.39 is 0 Å². The van der Waals surface area contributed by atoms with Crippen LogP contribution in [0.1, 0.15) is 15.9 Å². The summed E-state index contributed by atoms with van der Waals surface area (Å²) < 4.78 is 0. The third-order valence-corrected chi connectivity index (χ3v) is 2.84. The lowest BCUT2D eigenvalue weighted by Crippen LogP contribution is -2.30. The topological polar surface area (TPSA) is 97.2 Å². The Hall–Kier alpha value is -0.530. The van der Waals surface area contributed by atoms with E-state index in [1.165, 1.54) is 11.3 Å². The largest absolute Gasteiger partial charge is 0.391 e. The molecule has 0 radical (unpaired) electrons. The zero-order valence-corrected chi connectivity index (χ0v) is 8.76. The SMILES string of the molecule is NCCNC[C@@H](N)c1ncc(CO)s1. The molecule has 0 aliphatic rings. The van der Waals surface area contributed by atoms with Gasteiger partial charge in [-0.15, -0.1) is 11.3 Å². The highest BCUT2D eigenvalue weighted by atomic mass is 32.1. The van der Waals surface area contributed by atoms with Gasteiger partial charge in [0.05, 0.1) is 17.5 Å². The van der Waals surface area contributed by atoms with Crippen molar-refractivity contribution < 1.29 is 5.11 Å². The van der Waals surface area contributed by atoms with Crippen molar-refractivity contribution in [1.29, 1.82) is 0 Å². The lowest BCUT2D eigenvalue weighted by Gasteiger charge is -2.08. The molecule has 0 aromatic carbocycles. The van der Waals surface area contributed by atoms with Crippen molar-refractivity contribution in [2.75, 3.05) is 19.6 Å². The molecule has 14 heavy (non-hydrogen) atoms. The van der Waals surface area contributed by atoms with E-state index in [9.17, 15) is 0 Å². The standard InChI is InChI=1S/C8H16N4OS/c9-1-2-11-4-7(10)8-12-3-6(5-13)14-8/h3,7,11,13H,1-2,4-5,9-10H2/t7-/m1/s1. The molecule has 0 spiro atoms. The molecule has 80 valence electrons. The molecule has 0 saturated heterocycles. The van der Waals surface area contributed by atoms with Crippen LogP contribution in [0.5, 0.6) is 0 Å². The second kappa shape index (κ2) is 6.05. The van der Waals surface area contributed by atoms with Crippen molar-refractivity contribution in [2.24, 2.45) is 11.5 Å². The lowest BCUT2D eigenvalue weighted by molar-refractivity contribution is 0.285. The molecule has 0 amide bonds. The quantitative estimate of drug-likeness (QED) is 0.466. The number of hydrogen-bond donors (Lipinski definition) is 4. The minimum absolute atomic E-state index is 0.0284.